The number of fused-ring (bicyclic) bond motifs is 1. The second-order valence-electron chi connectivity index (χ2n) is 3.29. The van der Waals surface area contributed by atoms with Crippen LogP contribution in [0.1, 0.15) is 0 Å². The molecule has 2 rings (SSSR count). The third-order valence-electron chi connectivity index (χ3n) is 2.00. The summed E-state index contributed by atoms with van der Waals surface area (Å²) in [5.41, 5.74) is 1.51. The number of para-hydroxylation sites is 2. The zero-order valence-electron chi connectivity index (χ0n) is 8.71. The van der Waals surface area contributed by atoms with Gasteiger partial charge in [0.2, 0.25) is 0 Å². The molecule has 0 aliphatic heterocycles. The second kappa shape index (κ2) is 4.97. The van der Waals surface area contributed by atoms with Crippen molar-refractivity contribution in [3.63, 3.8) is 0 Å². The van der Waals surface area contributed by atoms with E-state index in [-0.39, 0.29) is 5.75 Å². The average molecular weight is 272 g/mol. The molecule has 0 N–H and O–H groups in total. The van der Waals surface area contributed by atoms with E-state index in [4.69, 9.17) is 0 Å². The van der Waals surface area contributed by atoms with Crippen molar-refractivity contribution >= 4 is 33.0 Å². The molecule has 2 aromatic rings. The van der Waals surface area contributed by atoms with E-state index in [1.807, 2.05) is 24.3 Å². The molecule has 4 nitrogen and oxygen atoms in total. The summed E-state index contributed by atoms with van der Waals surface area (Å²) in [6.07, 6.45) is 1.55. The zero-order chi connectivity index (χ0) is 12.3. The van der Waals surface area contributed by atoms with E-state index in [1.165, 1.54) is 11.8 Å². The molecule has 1 aromatic carbocycles. The van der Waals surface area contributed by atoms with Crippen molar-refractivity contribution in [3.8, 4) is 0 Å². The van der Waals surface area contributed by atoms with Gasteiger partial charge in [-0.05, 0) is 12.1 Å². The van der Waals surface area contributed by atoms with Crippen LogP contribution in [0.2, 0.25) is 0 Å². The van der Waals surface area contributed by atoms with Crippen molar-refractivity contribution in [1.29, 1.82) is 0 Å². The highest BCUT2D eigenvalue weighted by molar-refractivity contribution is 8.00. The monoisotopic (exact) mass is 272 g/mol. The minimum Gasteiger partial charge on any atom is -0.252 e. The van der Waals surface area contributed by atoms with Gasteiger partial charge in [0.1, 0.15) is 5.03 Å². The fourth-order valence-electron chi connectivity index (χ4n) is 1.26. The first kappa shape index (κ1) is 12.3. The van der Waals surface area contributed by atoms with Gasteiger partial charge in [-0.1, -0.05) is 12.1 Å². The van der Waals surface area contributed by atoms with Gasteiger partial charge in [0.05, 0.1) is 23.0 Å². The van der Waals surface area contributed by atoms with Gasteiger partial charge >= 0.3 is 10.2 Å². The normalized spacial score (nSPS) is 11.8. The minimum atomic E-state index is -4.41. The van der Waals surface area contributed by atoms with Crippen LogP contribution >= 0.6 is 11.8 Å². The molecule has 0 radical (unpaired) electrons. The van der Waals surface area contributed by atoms with Gasteiger partial charge in [0.25, 0.3) is 0 Å². The van der Waals surface area contributed by atoms with Crippen LogP contribution in [-0.4, -0.2) is 29.9 Å². The Kier molecular flexibility index (Phi) is 3.58. The average Bonchev–Trinajstić information content (AvgIpc) is 2.27. The maximum Gasteiger partial charge on any atom is 0.303 e. The molecule has 90 valence electrons. The molecular weight excluding hydrogens is 263 g/mol. The van der Waals surface area contributed by atoms with E-state index in [0.717, 1.165) is 11.0 Å². The van der Waals surface area contributed by atoms with Crippen LogP contribution in [0.5, 0.6) is 0 Å². The number of hydrogen-bond acceptors (Lipinski definition) is 5. The summed E-state index contributed by atoms with van der Waals surface area (Å²) in [5, 5.41) is 0.590. The van der Waals surface area contributed by atoms with Gasteiger partial charge < -0.3 is 0 Å². The first-order chi connectivity index (χ1) is 8.04. The smallest absolute Gasteiger partial charge is 0.252 e. The molecule has 0 bridgehead atoms. The van der Waals surface area contributed by atoms with Gasteiger partial charge in [-0.2, -0.15) is 8.42 Å². The fourth-order valence-corrected chi connectivity index (χ4v) is 2.88. The third-order valence-corrected chi connectivity index (χ3v) is 3.85. The number of benzene rings is 1. The summed E-state index contributed by atoms with van der Waals surface area (Å²) in [6.45, 7) is 0. The van der Waals surface area contributed by atoms with E-state index in [0.29, 0.717) is 5.03 Å². The summed E-state index contributed by atoms with van der Waals surface area (Å²) in [5.74, 6) is -0.377. The Labute approximate surface area is 102 Å². The number of thioether (sulfide) groups is 1. The molecular formula is C10H9FN2O2S2. The van der Waals surface area contributed by atoms with Crippen molar-refractivity contribution < 1.29 is 12.3 Å². The Hall–Kier alpha value is -1.21. The van der Waals surface area contributed by atoms with Crippen LogP contribution in [0.15, 0.2) is 35.5 Å². The molecule has 7 heteroatoms. The van der Waals surface area contributed by atoms with E-state index in [1.54, 1.807) is 6.20 Å². The number of aromatic nitrogens is 2. The van der Waals surface area contributed by atoms with Gasteiger partial charge in [0.15, 0.2) is 0 Å². The molecule has 0 aliphatic rings. The number of hydrogen-bond donors (Lipinski definition) is 0. The maximum atomic E-state index is 12.3. The van der Waals surface area contributed by atoms with Crippen molar-refractivity contribution in [2.45, 2.75) is 5.03 Å². The summed E-state index contributed by atoms with van der Waals surface area (Å²) in [7, 11) is -4.41. The lowest BCUT2D eigenvalue weighted by molar-refractivity contribution is 0.554. The second-order valence-corrected chi connectivity index (χ2v) is 5.89. The van der Waals surface area contributed by atoms with E-state index < -0.39 is 16.0 Å². The standard InChI is InChI=1S/C10H9FN2O2S2/c11-17(14,15)6-5-16-10-7-12-8-3-1-2-4-9(8)13-10/h1-4,7H,5-6H2. The largest absolute Gasteiger partial charge is 0.303 e. The molecule has 1 heterocycles. The van der Waals surface area contributed by atoms with Gasteiger partial charge in [-0.15, -0.1) is 15.6 Å². The first-order valence-corrected chi connectivity index (χ1v) is 7.35. The van der Waals surface area contributed by atoms with Crippen molar-refractivity contribution in [2.24, 2.45) is 0 Å². The van der Waals surface area contributed by atoms with Crippen LogP contribution in [-0.2, 0) is 10.2 Å². The van der Waals surface area contributed by atoms with Gasteiger partial charge in [-0.3, -0.25) is 4.98 Å². The highest BCUT2D eigenvalue weighted by Gasteiger charge is 2.07. The fraction of sp³-hybridized carbons (Fsp3) is 0.200. The molecule has 0 spiro atoms. The molecule has 1 aromatic heterocycles. The summed E-state index contributed by atoms with van der Waals surface area (Å²) in [6, 6.07) is 7.36. The highest BCUT2D eigenvalue weighted by atomic mass is 32.3. The number of rotatable bonds is 4. The predicted molar refractivity (Wildman–Crippen MR) is 65.2 cm³/mol. The summed E-state index contributed by atoms with van der Waals surface area (Å²) >= 11 is 1.17. The van der Waals surface area contributed by atoms with Gasteiger partial charge in [0, 0.05) is 5.75 Å². The van der Waals surface area contributed by atoms with Crippen LogP contribution in [0, 0.1) is 0 Å². The molecule has 0 fully saturated rings. The van der Waals surface area contributed by atoms with Crippen LogP contribution in [0.4, 0.5) is 3.89 Å². The molecule has 0 unspecified atom stereocenters. The topological polar surface area (TPSA) is 59.9 Å². The first-order valence-electron chi connectivity index (χ1n) is 4.81. The molecule has 0 saturated carbocycles. The zero-order valence-corrected chi connectivity index (χ0v) is 10.3. The lowest BCUT2D eigenvalue weighted by Crippen LogP contribution is -2.01. The highest BCUT2D eigenvalue weighted by Crippen LogP contribution is 2.18. The lowest BCUT2D eigenvalue weighted by atomic mass is 10.3. The Balaban J connectivity index is 2.09. The van der Waals surface area contributed by atoms with Crippen LogP contribution in [0.3, 0.4) is 0 Å². The number of nitrogens with zero attached hydrogens (tertiary/aromatic N) is 2. The molecule has 0 atom stereocenters. The number of halogens is 1. The van der Waals surface area contributed by atoms with Gasteiger partial charge in [-0.25, -0.2) is 4.98 Å². The Bertz CT molecular complexity index is 631. The lowest BCUT2D eigenvalue weighted by Gasteiger charge is -2.00. The third kappa shape index (κ3) is 3.64. The Morgan fingerprint density at radius 3 is 2.65 bits per heavy atom. The van der Waals surface area contributed by atoms with Crippen LogP contribution < -0.4 is 0 Å². The predicted octanol–water partition coefficient (Wildman–Crippen LogP) is 2.02. The maximum absolute atomic E-state index is 12.3. The SMILES string of the molecule is O=S(=O)(F)CCSc1cnc2ccccc2n1. The molecule has 0 amide bonds. The Morgan fingerprint density at radius 1 is 1.24 bits per heavy atom. The Morgan fingerprint density at radius 2 is 1.94 bits per heavy atom. The quantitative estimate of drug-likeness (QED) is 0.629. The van der Waals surface area contributed by atoms with E-state index in [2.05, 4.69) is 9.97 Å². The van der Waals surface area contributed by atoms with E-state index in [9.17, 15) is 12.3 Å². The summed E-state index contributed by atoms with van der Waals surface area (Å²) in [4.78, 5) is 8.45. The van der Waals surface area contributed by atoms with E-state index >= 15 is 0 Å². The van der Waals surface area contributed by atoms with Crippen molar-refractivity contribution in [3.05, 3.63) is 30.5 Å². The molecule has 0 saturated heterocycles. The summed E-state index contributed by atoms with van der Waals surface area (Å²) < 4.78 is 32.9. The minimum absolute atomic E-state index is 0.131. The molecule has 0 aliphatic carbocycles. The van der Waals surface area contributed by atoms with Crippen LogP contribution in [0.25, 0.3) is 11.0 Å². The van der Waals surface area contributed by atoms with Crippen molar-refractivity contribution in [1.82, 2.24) is 9.97 Å². The molecule has 17 heavy (non-hydrogen) atoms. The van der Waals surface area contributed by atoms with Crippen molar-refractivity contribution in [2.75, 3.05) is 11.5 Å².